The first-order chi connectivity index (χ1) is 16.8. The van der Waals surface area contributed by atoms with Crippen molar-refractivity contribution in [3.05, 3.63) is 84.4 Å². The Labute approximate surface area is 208 Å². The number of fused-ring (bicyclic) bond motifs is 1. The Kier molecular flexibility index (Phi) is 7.91. The van der Waals surface area contributed by atoms with Crippen LogP contribution in [-0.2, 0) is 16.6 Å². The van der Waals surface area contributed by atoms with Crippen molar-refractivity contribution in [2.45, 2.75) is 37.4 Å². The average molecular weight is 495 g/mol. The molecule has 0 radical (unpaired) electrons. The molecule has 1 aliphatic heterocycles. The number of hydrogen-bond acceptors (Lipinski definition) is 5. The molecule has 0 spiro atoms. The number of aliphatic hydroxyl groups is 1. The fourth-order valence-corrected chi connectivity index (χ4v) is 6.35. The van der Waals surface area contributed by atoms with Gasteiger partial charge < -0.3 is 9.84 Å². The van der Waals surface area contributed by atoms with E-state index in [1.165, 1.54) is 9.87 Å². The molecule has 6 nitrogen and oxygen atoms in total. The molecule has 0 bridgehead atoms. The smallest absolute Gasteiger partial charge is 0.247 e. The van der Waals surface area contributed by atoms with Gasteiger partial charge in [0, 0.05) is 31.6 Å². The summed E-state index contributed by atoms with van der Waals surface area (Å²) < 4.78 is 35.3. The standard InChI is InChI=1S/C28H34N2O4S/c1-21-17-30(22(2)20-31)35(32,33)28-15-14-25(24-12-8-5-9-13-24)16-26(28)34-27(21)19-29(3)18-23-10-6-4-7-11-23/h4-16,21-22,27,31H,17-20H2,1-3H3/t21-,22+,27-/m0/s1. The maximum atomic E-state index is 13.7. The van der Waals surface area contributed by atoms with Gasteiger partial charge in [-0.2, -0.15) is 4.31 Å². The van der Waals surface area contributed by atoms with E-state index in [0.717, 1.165) is 17.7 Å². The van der Waals surface area contributed by atoms with Gasteiger partial charge in [-0.1, -0.05) is 73.7 Å². The number of sulfonamides is 1. The quantitative estimate of drug-likeness (QED) is 0.532. The average Bonchev–Trinajstić information content (AvgIpc) is 2.86. The highest BCUT2D eigenvalue weighted by molar-refractivity contribution is 7.89. The number of rotatable bonds is 7. The van der Waals surface area contributed by atoms with Crippen LogP contribution in [0.15, 0.2) is 83.8 Å². The molecule has 4 rings (SSSR count). The van der Waals surface area contributed by atoms with Gasteiger partial charge in [0.1, 0.15) is 16.7 Å². The third-order valence-electron chi connectivity index (χ3n) is 6.56. The zero-order chi connectivity index (χ0) is 25.0. The van der Waals surface area contributed by atoms with Gasteiger partial charge in [0.2, 0.25) is 10.0 Å². The predicted molar refractivity (Wildman–Crippen MR) is 139 cm³/mol. The van der Waals surface area contributed by atoms with Crippen LogP contribution in [-0.4, -0.2) is 61.6 Å². The SMILES string of the molecule is C[C@H](CO)N1C[C@H](C)[C@H](CN(C)Cc2ccccc2)Oc2cc(-c3ccccc3)ccc2S1(=O)=O. The highest BCUT2D eigenvalue weighted by Crippen LogP contribution is 2.36. The molecule has 35 heavy (non-hydrogen) atoms. The van der Waals surface area contributed by atoms with E-state index in [2.05, 4.69) is 17.0 Å². The molecule has 0 saturated carbocycles. The van der Waals surface area contributed by atoms with Crippen LogP contribution in [0.5, 0.6) is 5.75 Å². The lowest BCUT2D eigenvalue weighted by Crippen LogP contribution is -2.49. The van der Waals surface area contributed by atoms with E-state index in [9.17, 15) is 13.5 Å². The van der Waals surface area contributed by atoms with Gasteiger partial charge in [0.25, 0.3) is 0 Å². The number of benzene rings is 3. The molecule has 0 unspecified atom stereocenters. The minimum absolute atomic E-state index is 0.0921. The second-order valence-corrected chi connectivity index (χ2v) is 11.3. The number of aliphatic hydroxyl groups excluding tert-OH is 1. The molecule has 3 aromatic carbocycles. The van der Waals surface area contributed by atoms with Gasteiger partial charge in [-0.15, -0.1) is 0 Å². The number of hydrogen-bond donors (Lipinski definition) is 1. The summed E-state index contributed by atoms with van der Waals surface area (Å²) in [5.74, 6) is 0.261. The second-order valence-electron chi connectivity index (χ2n) is 9.45. The van der Waals surface area contributed by atoms with Crippen LogP contribution in [0.25, 0.3) is 11.1 Å². The van der Waals surface area contributed by atoms with E-state index in [-0.39, 0.29) is 30.1 Å². The molecular weight excluding hydrogens is 460 g/mol. The summed E-state index contributed by atoms with van der Waals surface area (Å²) in [6.45, 7) is 5.17. The van der Waals surface area contributed by atoms with Crippen LogP contribution in [0.2, 0.25) is 0 Å². The lowest BCUT2D eigenvalue weighted by atomic mass is 10.0. The highest BCUT2D eigenvalue weighted by atomic mass is 32.2. The summed E-state index contributed by atoms with van der Waals surface area (Å²) in [7, 11) is -1.80. The summed E-state index contributed by atoms with van der Waals surface area (Å²) in [6.07, 6.45) is -0.239. The van der Waals surface area contributed by atoms with Gasteiger partial charge in [-0.25, -0.2) is 8.42 Å². The van der Waals surface area contributed by atoms with Crippen molar-refractivity contribution in [3.63, 3.8) is 0 Å². The van der Waals surface area contributed by atoms with Crippen molar-refractivity contribution in [1.82, 2.24) is 9.21 Å². The van der Waals surface area contributed by atoms with Crippen molar-refractivity contribution >= 4 is 10.0 Å². The Hall–Kier alpha value is -2.71. The molecule has 7 heteroatoms. The topological polar surface area (TPSA) is 70.1 Å². The summed E-state index contributed by atoms with van der Waals surface area (Å²) >= 11 is 0. The zero-order valence-electron chi connectivity index (χ0n) is 20.5. The minimum Gasteiger partial charge on any atom is -0.487 e. The van der Waals surface area contributed by atoms with Gasteiger partial charge >= 0.3 is 0 Å². The van der Waals surface area contributed by atoms with E-state index in [0.29, 0.717) is 12.3 Å². The Morgan fingerprint density at radius 2 is 1.69 bits per heavy atom. The molecule has 0 aromatic heterocycles. The van der Waals surface area contributed by atoms with Gasteiger partial charge in [0.15, 0.2) is 0 Å². The van der Waals surface area contributed by atoms with Crippen LogP contribution < -0.4 is 4.74 Å². The fourth-order valence-electron chi connectivity index (χ4n) is 4.52. The lowest BCUT2D eigenvalue weighted by Gasteiger charge is -2.37. The molecular formula is C28H34N2O4S. The first-order valence-corrected chi connectivity index (χ1v) is 13.4. The molecule has 0 aliphatic carbocycles. The molecule has 0 amide bonds. The number of nitrogens with zero attached hydrogens (tertiary/aromatic N) is 2. The van der Waals surface area contributed by atoms with E-state index < -0.39 is 16.1 Å². The van der Waals surface area contributed by atoms with Crippen molar-refractivity contribution in [2.75, 3.05) is 26.7 Å². The Morgan fingerprint density at radius 3 is 2.34 bits per heavy atom. The largest absolute Gasteiger partial charge is 0.487 e. The molecule has 3 aromatic rings. The molecule has 1 aliphatic rings. The summed E-state index contributed by atoms with van der Waals surface area (Å²) in [6, 6.07) is 24.8. The van der Waals surface area contributed by atoms with Crippen molar-refractivity contribution < 1.29 is 18.3 Å². The minimum atomic E-state index is -3.85. The van der Waals surface area contributed by atoms with E-state index in [1.54, 1.807) is 13.0 Å². The maximum Gasteiger partial charge on any atom is 0.247 e. The van der Waals surface area contributed by atoms with Crippen LogP contribution in [0.4, 0.5) is 0 Å². The third-order valence-corrected chi connectivity index (χ3v) is 8.58. The maximum absolute atomic E-state index is 13.7. The van der Waals surface area contributed by atoms with Crippen LogP contribution >= 0.6 is 0 Å². The van der Waals surface area contributed by atoms with Crippen LogP contribution in [0.3, 0.4) is 0 Å². The lowest BCUT2D eigenvalue weighted by molar-refractivity contribution is 0.0734. The first kappa shape index (κ1) is 25.4. The van der Waals surface area contributed by atoms with Crippen molar-refractivity contribution in [1.29, 1.82) is 0 Å². The van der Waals surface area contributed by atoms with Gasteiger partial charge in [0.05, 0.1) is 6.61 Å². The van der Waals surface area contributed by atoms with Gasteiger partial charge in [-0.3, -0.25) is 4.90 Å². The Balaban J connectivity index is 1.72. The summed E-state index contributed by atoms with van der Waals surface area (Å²) in [5.41, 5.74) is 3.09. The van der Waals surface area contributed by atoms with E-state index >= 15 is 0 Å². The molecule has 0 fully saturated rings. The third kappa shape index (κ3) is 5.76. The van der Waals surface area contributed by atoms with Crippen molar-refractivity contribution in [3.8, 4) is 16.9 Å². The van der Waals surface area contributed by atoms with E-state index in [4.69, 9.17) is 4.74 Å². The molecule has 3 atom stereocenters. The van der Waals surface area contributed by atoms with Gasteiger partial charge in [-0.05, 0) is 42.8 Å². The second kappa shape index (κ2) is 10.9. The monoisotopic (exact) mass is 494 g/mol. The zero-order valence-corrected chi connectivity index (χ0v) is 21.4. The van der Waals surface area contributed by atoms with Crippen LogP contribution in [0.1, 0.15) is 19.4 Å². The molecule has 1 N–H and O–H groups in total. The summed E-state index contributed by atoms with van der Waals surface area (Å²) in [4.78, 5) is 2.34. The highest BCUT2D eigenvalue weighted by Gasteiger charge is 2.38. The predicted octanol–water partition coefficient (Wildman–Crippen LogP) is 4.25. The molecule has 1 heterocycles. The Morgan fingerprint density at radius 1 is 1.03 bits per heavy atom. The van der Waals surface area contributed by atoms with Crippen LogP contribution in [0, 0.1) is 5.92 Å². The Bertz CT molecular complexity index is 1220. The van der Waals surface area contributed by atoms with E-state index in [1.807, 2.05) is 74.6 Å². The first-order valence-electron chi connectivity index (χ1n) is 12.0. The number of ether oxygens (including phenoxy) is 1. The van der Waals surface area contributed by atoms with Crippen molar-refractivity contribution in [2.24, 2.45) is 5.92 Å². The fraction of sp³-hybridized carbons (Fsp3) is 0.357. The normalized spacial score (nSPS) is 20.9. The summed E-state index contributed by atoms with van der Waals surface area (Å²) in [5, 5.41) is 9.84. The molecule has 0 saturated heterocycles. The number of likely N-dealkylation sites (N-methyl/N-ethyl adjacent to an activating group) is 1. The molecule has 186 valence electrons.